The Morgan fingerprint density at radius 1 is 1.26 bits per heavy atom. The van der Waals surface area contributed by atoms with E-state index < -0.39 is 11.9 Å². The summed E-state index contributed by atoms with van der Waals surface area (Å²) in [6.07, 6.45) is 2.15. The molecule has 0 saturated carbocycles. The van der Waals surface area contributed by atoms with Gasteiger partial charge >= 0.3 is 5.97 Å². The van der Waals surface area contributed by atoms with E-state index in [0.29, 0.717) is 13.1 Å². The third-order valence-electron chi connectivity index (χ3n) is 3.82. The fraction of sp³-hybridized carbons (Fsp3) is 0.846. The van der Waals surface area contributed by atoms with Gasteiger partial charge in [0.05, 0.1) is 19.1 Å². The Balaban J connectivity index is 1.60. The Morgan fingerprint density at radius 2 is 1.95 bits per heavy atom. The maximum Gasteiger partial charge on any atom is 0.308 e. The van der Waals surface area contributed by atoms with Crippen LogP contribution in [0.1, 0.15) is 19.3 Å². The zero-order valence-corrected chi connectivity index (χ0v) is 11.2. The summed E-state index contributed by atoms with van der Waals surface area (Å²) in [7, 11) is 0. The highest BCUT2D eigenvalue weighted by Crippen LogP contribution is 2.18. The van der Waals surface area contributed by atoms with Crippen molar-refractivity contribution in [3.8, 4) is 0 Å². The summed E-state index contributed by atoms with van der Waals surface area (Å²) in [4.78, 5) is 26.5. The number of carbonyl (C=O) groups excluding carboxylic acids is 1. The lowest BCUT2D eigenvalue weighted by Gasteiger charge is -2.26. The van der Waals surface area contributed by atoms with Gasteiger partial charge in [0.2, 0.25) is 5.91 Å². The van der Waals surface area contributed by atoms with Crippen molar-refractivity contribution < 1.29 is 19.4 Å². The van der Waals surface area contributed by atoms with Gasteiger partial charge in [0, 0.05) is 32.6 Å². The standard InChI is InChI=1S/C13H22N2O4/c16-12-9-11(13(17)18)10-15(12)4-2-1-3-14-5-7-19-8-6-14/h11H,1-10H2,(H,17,18). The second kappa shape index (κ2) is 6.86. The molecular formula is C13H22N2O4. The summed E-state index contributed by atoms with van der Waals surface area (Å²) < 4.78 is 5.29. The van der Waals surface area contributed by atoms with Crippen LogP contribution in [-0.4, -0.2) is 72.7 Å². The molecule has 2 fully saturated rings. The monoisotopic (exact) mass is 270 g/mol. The van der Waals surface area contributed by atoms with Crippen molar-refractivity contribution in [2.45, 2.75) is 19.3 Å². The predicted octanol–water partition coefficient (Wildman–Crippen LogP) is 0.0319. The SMILES string of the molecule is O=C(O)C1CC(=O)N(CCCCN2CCOCC2)C1. The normalized spacial score (nSPS) is 24.9. The molecule has 0 spiro atoms. The van der Waals surface area contributed by atoms with Crippen molar-refractivity contribution in [1.29, 1.82) is 0 Å². The number of morpholine rings is 1. The molecule has 2 aliphatic rings. The number of hydrogen-bond donors (Lipinski definition) is 1. The summed E-state index contributed by atoms with van der Waals surface area (Å²) >= 11 is 0. The number of unbranched alkanes of at least 4 members (excludes halogenated alkanes) is 1. The van der Waals surface area contributed by atoms with E-state index in [2.05, 4.69) is 4.90 Å². The molecule has 0 radical (unpaired) electrons. The van der Waals surface area contributed by atoms with Crippen molar-refractivity contribution in [3.05, 3.63) is 0 Å². The van der Waals surface area contributed by atoms with Crippen LogP contribution in [0.15, 0.2) is 0 Å². The lowest BCUT2D eigenvalue weighted by atomic mass is 10.1. The number of carboxylic acid groups (broad SMARTS) is 1. The first-order valence-corrected chi connectivity index (χ1v) is 6.97. The highest BCUT2D eigenvalue weighted by molar-refractivity contribution is 5.86. The Hall–Kier alpha value is -1.14. The second-order valence-electron chi connectivity index (χ2n) is 5.24. The molecule has 0 aliphatic carbocycles. The molecule has 2 aliphatic heterocycles. The lowest BCUT2D eigenvalue weighted by molar-refractivity contribution is -0.141. The van der Waals surface area contributed by atoms with Gasteiger partial charge in [-0.3, -0.25) is 14.5 Å². The van der Waals surface area contributed by atoms with Crippen LogP contribution in [0.3, 0.4) is 0 Å². The molecular weight excluding hydrogens is 248 g/mol. The van der Waals surface area contributed by atoms with Crippen LogP contribution in [0.25, 0.3) is 0 Å². The molecule has 1 amide bonds. The first kappa shape index (κ1) is 14.3. The Morgan fingerprint density at radius 3 is 2.58 bits per heavy atom. The van der Waals surface area contributed by atoms with E-state index in [9.17, 15) is 9.59 Å². The molecule has 1 unspecified atom stereocenters. The van der Waals surface area contributed by atoms with Crippen LogP contribution in [0.5, 0.6) is 0 Å². The highest BCUT2D eigenvalue weighted by atomic mass is 16.5. The quantitative estimate of drug-likeness (QED) is 0.690. The van der Waals surface area contributed by atoms with Crippen molar-refractivity contribution >= 4 is 11.9 Å². The minimum atomic E-state index is -0.857. The largest absolute Gasteiger partial charge is 0.481 e. The minimum Gasteiger partial charge on any atom is -0.481 e. The van der Waals surface area contributed by atoms with Crippen molar-refractivity contribution in [2.24, 2.45) is 5.92 Å². The fourth-order valence-corrected chi connectivity index (χ4v) is 2.62. The van der Waals surface area contributed by atoms with E-state index >= 15 is 0 Å². The van der Waals surface area contributed by atoms with E-state index in [0.717, 1.165) is 45.7 Å². The number of carboxylic acids is 1. The third-order valence-corrected chi connectivity index (χ3v) is 3.82. The van der Waals surface area contributed by atoms with Gasteiger partial charge in [-0.1, -0.05) is 0 Å². The van der Waals surface area contributed by atoms with Crippen LogP contribution in [0.4, 0.5) is 0 Å². The van der Waals surface area contributed by atoms with E-state index in [1.807, 2.05) is 0 Å². The average Bonchev–Trinajstić information content (AvgIpc) is 2.78. The molecule has 108 valence electrons. The van der Waals surface area contributed by atoms with Crippen molar-refractivity contribution in [1.82, 2.24) is 9.80 Å². The zero-order valence-electron chi connectivity index (χ0n) is 11.2. The number of carbonyl (C=O) groups is 2. The van der Waals surface area contributed by atoms with E-state index in [1.165, 1.54) is 0 Å². The molecule has 0 aromatic rings. The van der Waals surface area contributed by atoms with Gasteiger partial charge in [-0.05, 0) is 19.4 Å². The van der Waals surface area contributed by atoms with E-state index in [1.54, 1.807) is 4.90 Å². The van der Waals surface area contributed by atoms with Gasteiger partial charge in [0.1, 0.15) is 0 Å². The molecule has 2 rings (SSSR count). The highest BCUT2D eigenvalue weighted by Gasteiger charge is 2.33. The molecule has 0 aromatic heterocycles. The molecule has 2 heterocycles. The van der Waals surface area contributed by atoms with Crippen LogP contribution in [0, 0.1) is 5.92 Å². The van der Waals surface area contributed by atoms with Crippen molar-refractivity contribution in [2.75, 3.05) is 45.9 Å². The van der Waals surface area contributed by atoms with Gasteiger partial charge in [-0.15, -0.1) is 0 Å². The molecule has 6 nitrogen and oxygen atoms in total. The summed E-state index contributed by atoms with van der Waals surface area (Å²) in [5, 5.41) is 8.89. The number of amides is 1. The Labute approximate surface area is 113 Å². The van der Waals surface area contributed by atoms with Gasteiger partial charge in [-0.25, -0.2) is 0 Å². The van der Waals surface area contributed by atoms with Crippen LogP contribution in [-0.2, 0) is 14.3 Å². The summed E-state index contributed by atoms with van der Waals surface area (Å²) in [6.45, 7) is 5.70. The Kier molecular flexibility index (Phi) is 5.15. The predicted molar refractivity (Wildman–Crippen MR) is 68.8 cm³/mol. The maximum absolute atomic E-state index is 11.6. The fourth-order valence-electron chi connectivity index (χ4n) is 2.62. The summed E-state index contributed by atoms with van der Waals surface area (Å²) in [5.41, 5.74) is 0. The number of likely N-dealkylation sites (tertiary alicyclic amines) is 1. The van der Waals surface area contributed by atoms with Crippen molar-refractivity contribution in [3.63, 3.8) is 0 Å². The number of nitrogens with zero attached hydrogens (tertiary/aromatic N) is 2. The average molecular weight is 270 g/mol. The van der Waals surface area contributed by atoms with Gasteiger partial charge in [-0.2, -0.15) is 0 Å². The lowest BCUT2D eigenvalue weighted by Crippen LogP contribution is -2.37. The molecule has 1 atom stereocenters. The zero-order chi connectivity index (χ0) is 13.7. The molecule has 0 aromatic carbocycles. The smallest absolute Gasteiger partial charge is 0.308 e. The van der Waals surface area contributed by atoms with Gasteiger partial charge in [0.15, 0.2) is 0 Å². The summed E-state index contributed by atoms with van der Waals surface area (Å²) in [5.74, 6) is -1.38. The molecule has 1 N–H and O–H groups in total. The summed E-state index contributed by atoms with van der Waals surface area (Å²) in [6, 6.07) is 0. The number of ether oxygens (including phenoxy) is 1. The number of hydrogen-bond acceptors (Lipinski definition) is 4. The van der Waals surface area contributed by atoms with E-state index in [-0.39, 0.29) is 12.3 Å². The third kappa shape index (κ3) is 4.18. The van der Waals surface area contributed by atoms with E-state index in [4.69, 9.17) is 9.84 Å². The second-order valence-corrected chi connectivity index (χ2v) is 5.24. The molecule has 2 saturated heterocycles. The Bertz CT molecular complexity index is 329. The molecule has 19 heavy (non-hydrogen) atoms. The maximum atomic E-state index is 11.6. The van der Waals surface area contributed by atoms with Crippen LogP contribution >= 0.6 is 0 Å². The minimum absolute atomic E-state index is 0.0150. The van der Waals surface area contributed by atoms with Gasteiger partial charge < -0.3 is 14.7 Å². The van der Waals surface area contributed by atoms with Crippen LogP contribution in [0.2, 0.25) is 0 Å². The molecule has 6 heteroatoms. The first-order chi connectivity index (χ1) is 9.16. The first-order valence-electron chi connectivity index (χ1n) is 6.97. The van der Waals surface area contributed by atoms with Gasteiger partial charge in [0.25, 0.3) is 0 Å². The molecule has 0 bridgehead atoms. The van der Waals surface area contributed by atoms with Crippen LogP contribution < -0.4 is 0 Å². The topological polar surface area (TPSA) is 70.1 Å². The number of rotatable bonds is 6. The number of aliphatic carboxylic acids is 1.